The first-order valence-electron chi connectivity index (χ1n) is 6.44. The third kappa shape index (κ3) is 15.8. The second kappa shape index (κ2) is 9.60. The predicted octanol–water partition coefficient (Wildman–Crippen LogP) is 2.21. The quantitative estimate of drug-likeness (QED) is 0.586. The molecular weight excluding hydrogens is 367 g/mol. The molecule has 1 atom stereocenters. The first-order valence-corrected chi connectivity index (χ1v) is 9.30. The zero-order valence-corrected chi connectivity index (χ0v) is 16.7. The second-order valence-corrected chi connectivity index (χ2v) is 15.7. The molecule has 0 spiro atoms. The van der Waals surface area contributed by atoms with Gasteiger partial charge in [0.25, 0.3) is 0 Å². The van der Waals surface area contributed by atoms with Crippen molar-refractivity contribution < 1.29 is 24.2 Å². The Morgan fingerprint density at radius 3 is 1.60 bits per heavy atom. The molecule has 0 saturated heterocycles. The van der Waals surface area contributed by atoms with Gasteiger partial charge in [0.1, 0.15) is 0 Å². The maximum absolute atomic E-state index is 10.5. The molecule has 0 rings (SSSR count). The van der Waals surface area contributed by atoms with Gasteiger partial charge in [-0.2, -0.15) is 0 Å². The molecule has 0 saturated carbocycles. The van der Waals surface area contributed by atoms with E-state index in [9.17, 15) is 9.59 Å². The molecule has 20 heavy (non-hydrogen) atoms. The van der Waals surface area contributed by atoms with Crippen molar-refractivity contribution in [3.8, 4) is 0 Å². The third-order valence-electron chi connectivity index (χ3n) is 1.81. The van der Waals surface area contributed by atoms with Crippen molar-refractivity contribution in [1.29, 1.82) is 0 Å². The van der Waals surface area contributed by atoms with Crippen LogP contribution in [-0.4, -0.2) is 58.5 Å². The maximum atomic E-state index is 10.5. The van der Waals surface area contributed by atoms with Crippen LogP contribution in [0.3, 0.4) is 0 Å². The summed E-state index contributed by atoms with van der Waals surface area (Å²) < 4.78 is 9.68. The second-order valence-electron chi connectivity index (χ2n) is 6.44. The van der Waals surface area contributed by atoms with E-state index in [-0.39, 0.29) is 27.6 Å². The number of aliphatic hydroxyl groups excluding tert-OH is 1. The molecule has 0 fully saturated rings. The van der Waals surface area contributed by atoms with Gasteiger partial charge >= 0.3 is 81.5 Å². The van der Waals surface area contributed by atoms with Crippen LogP contribution in [0.5, 0.6) is 0 Å². The summed E-state index contributed by atoms with van der Waals surface area (Å²) in [6.45, 7) is 14.2. The summed E-state index contributed by atoms with van der Waals surface area (Å²) >= 11 is -0.182. The van der Waals surface area contributed by atoms with Crippen LogP contribution in [0.15, 0.2) is 0 Å². The summed E-state index contributed by atoms with van der Waals surface area (Å²) in [5.74, 6) is -1.49. The number of hydrogen-bond acceptors (Lipinski definition) is 5. The van der Waals surface area contributed by atoms with Gasteiger partial charge in [0.2, 0.25) is 0 Å². The Kier molecular flexibility index (Phi) is 10.6. The standard InChI is InChI=1S/C6H10O5.2C4H9.Sn/c1-10-5(8)3-4(7)6(9)11-2;2*1-4(2)3;/h4,7H,3H2,1-2H3;2*1-3H3;. The molecule has 0 aliphatic carbocycles. The van der Waals surface area contributed by atoms with Gasteiger partial charge in [0, 0.05) is 0 Å². The van der Waals surface area contributed by atoms with E-state index in [1.165, 1.54) is 7.11 Å². The Morgan fingerprint density at radius 1 is 1.00 bits per heavy atom. The molecule has 1 N–H and O–H groups in total. The number of methoxy groups -OCH3 is 2. The van der Waals surface area contributed by atoms with E-state index in [1.807, 2.05) is 0 Å². The minimum absolute atomic E-state index is 0.182. The number of hydrogen-bond donors (Lipinski definition) is 1. The summed E-state index contributed by atoms with van der Waals surface area (Å²) in [7, 11) is 2.30. The summed E-state index contributed by atoms with van der Waals surface area (Å²) in [6.07, 6.45) is -1.80. The van der Waals surface area contributed by atoms with Crippen LogP contribution in [0.25, 0.3) is 0 Å². The first-order chi connectivity index (χ1) is 8.82. The molecule has 0 aromatic heterocycles. The van der Waals surface area contributed by atoms with E-state index < -0.39 is 18.0 Å². The average Bonchev–Trinajstić information content (AvgIpc) is 2.23. The molecule has 6 heteroatoms. The number of esters is 2. The van der Waals surface area contributed by atoms with Gasteiger partial charge in [0.15, 0.2) is 6.10 Å². The normalized spacial score (nSPS) is 12.8. The molecule has 0 amide bonds. The molecule has 5 nitrogen and oxygen atoms in total. The van der Waals surface area contributed by atoms with Crippen LogP contribution in [0.1, 0.15) is 48.0 Å². The van der Waals surface area contributed by atoms with Crippen molar-refractivity contribution in [3.05, 3.63) is 0 Å². The molecule has 1 unspecified atom stereocenters. The Bertz CT molecular complexity index is 290. The molecule has 0 aromatic rings. The van der Waals surface area contributed by atoms with Crippen LogP contribution in [0, 0.1) is 0 Å². The Balaban J connectivity index is 0. The van der Waals surface area contributed by atoms with Crippen LogP contribution < -0.4 is 0 Å². The van der Waals surface area contributed by atoms with Gasteiger partial charge < -0.3 is 14.6 Å². The molecule has 0 bridgehead atoms. The third-order valence-corrected chi connectivity index (χ3v) is 6.09. The zero-order valence-electron chi connectivity index (χ0n) is 13.9. The molecule has 118 valence electrons. The van der Waals surface area contributed by atoms with Gasteiger partial charge in [-0.3, -0.25) is 4.79 Å². The Labute approximate surface area is 132 Å². The van der Waals surface area contributed by atoms with Crippen LogP contribution in [-0.2, 0) is 19.1 Å². The summed E-state index contributed by atoms with van der Waals surface area (Å²) in [5, 5.41) is 8.84. The average molecular weight is 395 g/mol. The van der Waals surface area contributed by atoms with Crippen molar-refractivity contribution in [3.63, 3.8) is 0 Å². The van der Waals surface area contributed by atoms with Gasteiger partial charge in [-0.1, -0.05) is 0 Å². The van der Waals surface area contributed by atoms with E-state index >= 15 is 0 Å². The molecular formula is C14H28O5Sn. The summed E-state index contributed by atoms with van der Waals surface area (Å²) in [4.78, 5) is 20.9. The van der Waals surface area contributed by atoms with Crippen molar-refractivity contribution >= 4 is 33.1 Å². The van der Waals surface area contributed by atoms with Crippen LogP contribution in [0.4, 0.5) is 0 Å². The van der Waals surface area contributed by atoms with Crippen molar-refractivity contribution in [2.75, 3.05) is 14.2 Å². The number of rotatable bonds is 3. The number of carbonyl (C=O) groups excluding carboxylic acids is 2. The molecule has 0 aromatic carbocycles. The van der Waals surface area contributed by atoms with E-state index in [0.29, 0.717) is 6.86 Å². The van der Waals surface area contributed by atoms with E-state index in [2.05, 4.69) is 51.0 Å². The number of ether oxygens (including phenoxy) is 2. The topological polar surface area (TPSA) is 72.8 Å². The van der Waals surface area contributed by atoms with E-state index in [4.69, 9.17) is 5.11 Å². The Morgan fingerprint density at radius 2 is 1.40 bits per heavy atom. The molecule has 0 aliphatic heterocycles. The molecule has 0 aliphatic rings. The van der Waals surface area contributed by atoms with Gasteiger partial charge in [0.05, 0.1) is 20.6 Å². The monoisotopic (exact) mass is 396 g/mol. The first kappa shape index (κ1) is 22.0. The van der Waals surface area contributed by atoms with Crippen LogP contribution in [0.2, 0.25) is 6.86 Å². The SMILES string of the molecule is COC(=O)CC(O)C(=O)OC.C[C](C)(C)[Sn][C](C)(C)C. The summed E-state index contributed by atoms with van der Waals surface area (Å²) in [6, 6.07) is 0. The van der Waals surface area contributed by atoms with E-state index in [0.717, 1.165) is 7.11 Å². The minimum atomic E-state index is -1.42. The zero-order chi connectivity index (χ0) is 16.6. The molecule has 0 heterocycles. The van der Waals surface area contributed by atoms with Crippen molar-refractivity contribution in [2.24, 2.45) is 0 Å². The van der Waals surface area contributed by atoms with E-state index in [1.54, 1.807) is 0 Å². The number of carbonyl (C=O) groups is 2. The molecule has 2 radical (unpaired) electrons. The number of aliphatic hydroxyl groups is 1. The van der Waals surface area contributed by atoms with Gasteiger partial charge in [-0.25, -0.2) is 4.79 Å². The Hall–Kier alpha value is -0.301. The van der Waals surface area contributed by atoms with Gasteiger partial charge in [-0.15, -0.1) is 0 Å². The van der Waals surface area contributed by atoms with Crippen LogP contribution >= 0.6 is 0 Å². The summed E-state index contributed by atoms with van der Waals surface area (Å²) in [5.41, 5.74) is 0. The van der Waals surface area contributed by atoms with Crippen molar-refractivity contribution in [2.45, 2.75) is 60.9 Å². The fraction of sp³-hybridized carbons (Fsp3) is 0.857. The van der Waals surface area contributed by atoms with Crippen molar-refractivity contribution in [1.82, 2.24) is 0 Å². The predicted molar refractivity (Wildman–Crippen MR) is 79.8 cm³/mol. The fourth-order valence-corrected chi connectivity index (χ4v) is 8.01. The van der Waals surface area contributed by atoms with Gasteiger partial charge in [-0.05, 0) is 0 Å². The fourth-order valence-electron chi connectivity index (χ4n) is 1.59.